The standard InChI is InChI=1S/C9H10BrNO/c10-6-2-1-5-3-8(12)9(11)7(5)4-6/h1-2,4,8-9,12H,3,11H2/t8-,9+/m0/s1. The van der Waals surface area contributed by atoms with E-state index in [0.717, 1.165) is 10.0 Å². The lowest BCUT2D eigenvalue weighted by Crippen LogP contribution is -2.21. The first-order chi connectivity index (χ1) is 5.68. The SMILES string of the molecule is N[C@@H]1c2cc(Br)ccc2C[C@@H]1O. The Labute approximate surface area is 79.5 Å². The van der Waals surface area contributed by atoms with Crippen molar-refractivity contribution in [1.29, 1.82) is 0 Å². The van der Waals surface area contributed by atoms with Crippen LogP contribution in [0.15, 0.2) is 22.7 Å². The van der Waals surface area contributed by atoms with E-state index in [1.807, 2.05) is 18.2 Å². The first-order valence-electron chi connectivity index (χ1n) is 3.90. The molecule has 0 heterocycles. The van der Waals surface area contributed by atoms with Gasteiger partial charge < -0.3 is 10.8 Å². The highest BCUT2D eigenvalue weighted by Gasteiger charge is 2.27. The first kappa shape index (κ1) is 8.23. The molecule has 2 nitrogen and oxygen atoms in total. The topological polar surface area (TPSA) is 46.2 Å². The van der Waals surface area contributed by atoms with Crippen LogP contribution < -0.4 is 5.73 Å². The van der Waals surface area contributed by atoms with Crippen molar-refractivity contribution in [3.8, 4) is 0 Å². The Morgan fingerprint density at radius 1 is 1.50 bits per heavy atom. The molecule has 0 aromatic heterocycles. The van der Waals surface area contributed by atoms with Gasteiger partial charge in [0.25, 0.3) is 0 Å². The van der Waals surface area contributed by atoms with Gasteiger partial charge in [-0.3, -0.25) is 0 Å². The van der Waals surface area contributed by atoms with E-state index in [1.165, 1.54) is 5.56 Å². The van der Waals surface area contributed by atoms with E-state index in [-0.39, 0.29) is 6.04 Å². The molecule has 0 bridgehead atoms. The average molecular weight is 228 g/mol. The number of hydrogen-bond donors (Lipinski definition) is 2. The van der Waals surface area contributed by atoms with Crippen molar-refractivity contribution in [2.45, 2.75) is 18.6 Å². The molecule has 2 rings (SSSR count). The lowest BCUT2D eigenvalue weighted by atomic mass is 10.1. The number of fused-ring (bicyclic) bond motifs is 1. The molecule has 0 fully saturated rings. The van der Waals surface area contributed by atoms with Crippen LogP contribution in [0.2, 0.25) is 0 Å². The second kappa shape index (κ2) is 2.83. The van der Waals surface area contributed by atoms with Crippen LogP contribution >= 0.6 is 15.9 Å². The molecule has 0 saturated heterocycles. The summed E-state index contributed by atoms with van der Waals surface area (Å²) in [5.74, 6) is 0. The number of hydrogen-bond acceptors (Lipinski definition) is 2. The van der Waals surface area contributed by atoms with Gasteiger partial charge in [0.1, 0.15) is 0 Å². The maximum atomic E-state index is 9.47. The number of aliphatic hydroxyl groups excluding tert-OH is 1. The lowest BCUT2D eigenvalue weighted by Gasteiger charge is -2.08. The van der Waals surface area contributed by atoms with Crippen LogP contribution in [0.4, 0.5) is 0 Å². The van der Waals surface area contributed by atoms with E-state index in [9.17, 15) is 5.11 Å². The summed E-state index contributed by atoms with van der Waals surface area (Å²) in [5, 5.41) is 9.47. The highest BCUT2D eigenvalue weighted by molar-refractivity contribution is 9.10. The molecule has 1 aliphatic carbocycles. The molecule has 0 amide bonds. The molecular weight excluding hydrogens is 218 g/mol. The number of aliphatic hydroxyl groups is 1. The van der Waals surface area contributed by atoms with Crippen LogP contribution in [0.3, 0.4) is 0 Å². The molecule has 3 heteroatoms. The summed E-state index contributed by atoms with van der Waals surface area (Å²) in [6.45, 7) is 0. The largest absolute Gasteiger partial charge is 0.391 e. The quantitative estimate of drug-likeness (QED) is 0.704. The molecule has 12 heavy (non-hydrogen) atoms. The summed E-state index contributed by atoms with van der Waals surface area (Å²) < 4.78 is 1.02. The Morgan fingerprint density at radius 3 is 3.00 bits per heavy atom. The predicted molar refractivity (Wildman–Crippen MR) is 50.8 cm³/mol. The van der Waals surface area contributed by atoms with E-state index in [0.29, 0.717) is 6.42 Å². The third-order valence-electron chi connectivity index (χ3n) is 2.31. The van der Waals surface area contributed by atoms with Crippen LogP contribution in [0.5, 0.6) is 0 Å². The third kappa shape index (κ3) is 1.18. The third-order valence-corrected chi connectivity index (χ3v) is 2.80. The van der Waals surface area contributed by atoms with Gasteiger partial charge in [-0.25, -0.2) is 0 Å². The molecule has 0 unspecified atom stereocenters. The number of nitrogens with two attached hydrogens (primary N) is 1. The minimum atomic E-state index is -0.408. The smallest absolute Gasteiger partial charge is 0.0773 e. The molecule has 0 saturated carbocycles. The van der Waals surface area contributed by atoms with Crippen LogP contribution in [0.25, 0.3) is 0 Å². The zero-order valence-corrected chi connectivity index (χ0v) is 8.08. The van der Waals surface area contributed by atoms with E-state index >= 15 is 0 Å². The van der Waals surface area contributed by atoms with Crippen molar-refractivity contribution in [3.05, 3.63) is 33.8 Å². The van der Waals surface area contributed by atoms with Gasteiger partial charge in [0, 0.05) is 10.9 Å². The van der Waals surface area contributed by atoms with Gasteiger partial charge >= 0.3 is 0 Å². The molecule has 0 aliphatic heterocycles. The van der Waals surface area contributed by atoms with Gasteiger partial charge in [-0.1, -0.05) is 22.0 Å². The highest BCUT2D eigenvalue weighted by Crippen LogP contribution is 2.31. The molecule has 0 spiro atoms. The summed E-state index contributed by atoms with van der Waals surface area (Å²) in [6.07, 6.45) is 0.276. The number of rotatable bonds is 0. The molecule has 1 aromatic rings. The van der Waals surface area contributed by atoms with E-state index in [2.05, 4.69) is 15.9 Å². The maximum absolute atomic E-state index is 9.47. The fraction of sp³-hybridized carbons (Fsp3) is 0.333. The molecular formula is C9H10BrNO. The van der Waals surface area contributed by atoms with Gasteiger partial charge in [-0.05, 0) is 23.3 Å². The summed E-state index contributed by atoms with van der Waals surface area (Å²) in [6, 6.07) is 5.76. The van der Waals surface area contributed by atoms with Gasteiger partial charge in [-0.15, -0.1) is 0 Å². The number of benzene rings is 1. The van der Waals surface area contributed by atoms with Crippen LogP contribution in [-0.2, 0) is 6.42 Å². The lowest BCUT2D eigenvalue weighted by molar-refractivity contribution is 0.158. The van der Waals surface area contributed by atoms with E-state index < -0.39 is 6.10 Å². The summed E-state index contributed by atoms with van der Waals surface area (Å²) in [4.78, 5) is 0. The van der Waals surface area contributed by atoms with E-state index in [1.54, 1.807) is 0 Å². The molecule has 0 radical (unpaired) electrons. The Kier molecular flexibility index (Phi) is 1.94. The first-order valence-corrected chi connectivity index (χ1v) is 4.70. The summed E-state index contributed by atoms with van der Waals surface area (Å²) in [7, 11) is 0. The average Bonchev–Trinajstić information content (AvgIpc) is 2.31. The summed E-state index contributed by atoms with van der Waals surface area (Å²) in [5.41, 5.74) is 8.02. The van der Waals surface area contributed by atoms with Crippen molar-refractivity contribution in [2.24, 2.45) is 5.73 Å². The molecule has 64 valence electrons. The van der Waals surface area contributed by atoms with Crippen molar-refractivity contribution >= 4 is 15.9 Å². The van der Waals surface area contributed by atoms with Gasteiger partial charge in [0.15, 0.2) is 0 Å². The highest BCUT2D eigenvalue weighted by atomic mass is 79.9. The van der Waals surface area contributed by atoms with Crippen molar-refractivity contribution in [1.82, 2.24) is 0 Å². The zero-order chi connectivity index (χ0) is 8.72. The second-order valence-corrected chi connectivity index (χ2v) is 4.06. The second-order valence-electron chi connectivity index (χ2n) is 3.14. The fourth-order valence-corrected chi connectivity index (χ4v) is 2.00. The maximum Gasteiger partial charge on any atom is 0.0773 e. The van der Waals surface area contributed by atoms with Gasteiger partial charge in [0.05, 0.1) is 12.1 Å². The van der Waals surface area contributed by atoms with Crippen LogP contribution in [0, 0.1) is 0 Å². The number of halogens is 1. The minimum Gasteiger partial charge on any atom is -0.391 e. The molecule has 2 atom stereocenters. The Balaban J connectivity index is 2.48. The molecule has 1 aliphatic rings. The summed E-state index contributed by atoms with van der Waals surface area (Å²) >= 11 is 3.38. The Hall–Kier alpha value is -0.380. The van der Waals surface area contributed by atoms with Crippen molar-refractivity contribution < 1.29 is 5.11 Å². The predicted octanol–water partition coefficient (Wildman–Crippen LogP) is 1.37. The molecule has 3 N–H and O–H groups in total. The van der Waals surface area contributed by atoms with E-state index in [4.69, 9.17) is 5.73 Å². The fourth-order valence-electron chi connectivity index (χ4n) is 1.62. The Morgan fingerprint density at radius 2 is 2.25 bits per heavy atom. The normalized spacial score (nSPS) is 27.2. The zero-order valence-electron chi connectivity index (χ0n) is 6.50. The molecule has 1 aromatic carbocycles. The van der Waals surface area contributed by atoms with Crippen molar-refractivity contribution in [2.75, 3.05) is 0 Å². The Bertz CT molecular complexity index is 313. The van der Waals surface area contributed by atoms with Crippen LogP contribution in [0.1, 0.15) is 17.2 Å². The van der Waals surface area contributed by atoms with Gasteiger partial charge in [-0.2, -0.15) is 0 Å². The van der Waals surface area contributed by atoms with Crippen LogP contribution in [-0.4, -0.2) is 11.2 Å². The minimum absolute atomic E-state index is 0.211. The van der Waals surface area contributed by atoms with Gasteiger partial charge in [0.2, 0.25) is 0 Å². The monoisotopic (exact) mass is 227 g/mol. The van der Waals surface area contributed by atoms with Crippen molar-refractivity contribution in [3.63, 3.8) is 0 Å².